The van der Waals surface area contributed by atoms with Crippen LogP contribution in [0.15, 0.2) is 41.5 Å². The van der Waals surface area contributed by atoms with Crippen molar-refractivity contribution in [1.29, 1.82) is 0 Å². The molecule has 9 heteroatoms. The molecule has 0 fully saturated rings. The van der Waals surface area contributed by atoms with Gasteiger partial charge in [-0.15, -0.1) is 0 Å². The summed E-state index contributed by atoms with van der Waals surface area (Å²) in [6, 6.07) is 9.90. The van der Waals surface area contributed by atoms with Crippen molar-refractivity contribution in [2.45, 2.75) is 6.92 Å². The van der Waals surface area contributed by atoms with Gasteiger partial charge < -0.3 is 15.2 Å². The molecule has 0 unspecified atom stereocenters. The van der Waals surface area contributed by atoms with Crippen LogP contribution >= 0.6 is 0 Å². The molecule has 9 nitrogen and oxygen atoms in total. The van der Waals surface area contributed by atoms with E-state index < -0.39 is 22.3 Å². The van der Waals surface area contributed by atoms with Gasteiger partial charge in [0.1, 0.15) is 5.75 Å². The third kappa shape index (κ3) is 4.94. The number of carbonyl (C=O) groups is 1. The van der Waals surface area contributed by atoms with Crippen molar-refractivity contribution in [1.82, 2.24) is 5.43 Å². The van der Waals surface area contributed by atoms with Gasteiger partial charge in [-0.05, 0) is 30.7 Å². The maximum absolute atomic E-state index is 11.8. The Morgan fingerprint density at radius 1 is 1.35 bits per heavy atom. The van der Waals surface area contributed by atoms with Gasteiger partial charge in [0, 0.05) is 23.1 Å². The molecule has 136 valence electrons. The number of anilines is 1. The van der Waals surface area contributed by atoms with Gasteiger partial charge in [0.25, 0.3) is 11.6 Å². The topological polar surface area (TPSA) is 129 Å². The summed E-state index contributed by atoms with van der Waals surface area (Å²) in [5, 5.41) is 29.3. The van der Waals surface area contributed by atoms with Crippen LogP contribution in [0.3, 0.4) is 0 Å². The molecule has 0 aromatic heterocycles. The fourth-order valence-corrected chi connectivity index (χ4v) is 2.13. The lowest BCUT2D eigenvalue weighted by Gasteiger charge is -2.12. The molecule has 0 radical (unpaired) electrons. The summed E-state index contributed by atoms with van der Waals surface area (Å²) in [4.78, 5) is 21.9. The summed E-state index contributed by atoms with van der Waals surface area (Å²) in [7, 11) is 1.24. The molecule has 2 rings (SSSR count). The Morgan fingerprint density at radius 3 is 2.77 bits per heavy atom. The third-order valence-electron chi connectivity index (χ3n) is 3.35. The highest BCUT2D eigenvalue weighted by atomic mass is 16.6. The van der Waals surface area contributed by atoms with E-state index in [0.717, 1.165) is 17.3 Å². The smallest absolute Gasteiger partial charge is 0.266 e. The number of benzene rings is 2. The SMILES string of the molecule is COc1cc(C=NNC(=O)CNc2cccc(C)c2)cc([N+](=O)[O-])c1[O-]. The Hall–Kier alpha value is -3.62. The van der Waals surface area contributed by atoms with Crippen molar-refractivity contribution in [3.05, 3.63) is 57.6 Å². The molecule has 0 aliphatic heterocycles. The van der Waals surface area contributed by atoms with Crippen molar-refractivity contribution in [2.24, 2.45) is 5.10 Å². The normalized spacial score (nSPS) is 10.5. The lowest BCUT2D eigenvalue weighted by atomic mass is 10.2. The van der Waals surface area contributed by atoms with Crippen LogP contribution in [-0.2, 0) is 4.79 Å². The Balaban J connectivity index is 1.98. The molecule has 0 saturated carbocycles. The van der Waals surface area contributed by atoms with Crippen LogP contribution in [0.2, 0.25) is 0 Å². The standard InChI is InChI=1S/C17H18N4O5/c1-11-4-3-5-13(6-11)18-10-16(22)20-19-9-12-7-14(21(24)25)17(23)15(8-12)26-2/h3-9,18,23H,10H2,1-2H3,(H,20,22)/p-1. The molecule has 0 bridgehead atoms. The minimum atomic E-state index is -0.818. The fourth-order valence-electron chi connectivity index (χ4n) is 2.13. The Kier molecular flexibility index (Phi) is 6.10. The summed E-state index contributed by atoms with van der Waals surface area (Å²) in [5.74, 6) is -1.39. The van der Waals surface area contributed by atoms with Crippen molar-refractivity contribution in [3.63, 3.8) is 0 Å². The van der Waals surface area contributed by atoms with E-state index in [1.807, 2.05) is 31.2 Å². The summed E-state index contributed by atoms with van der Waals surface area (Å²) in [6.45, 7) is 1.94. The Labute approximate surface area is 149 Å². The van der Waals surface area contributed by atoms with Gasteiger partial charge in [-0.2, -0.15) is 5.10 Å². The second-order valence-corrected chi connectivity index (χ2v) is 5.34. The summed E-state index contributed by atoms with van der Waals surface area (Å²) < 4.78 is 4.83. The predicted molar refractivity (Wildman–Crippen MR) is 94.5 cm³/mol. The second kappa shape index (κ2) is 8.47. The first-order valence-corrected chi connectivity index (χ1v) is 7.56. The molecule has 0 saturated heterocycles. The largest absolute Gasteiger partial charge is 0.865 e. The van der Waals surface area contributed by atoms with E-state index in [1.165, 1.54) is 19.4 Å². The van der Waals surface area contributed by atoms with Crippen LogP contribution in [0.1, 0.15) is 11.1 Å². The summed E-state index contributed by atoms with van der Waals surface area (Å²) in [5.41, 5.74) is 3.78. The van der Waals surface area contributed by atoms with E-state index in [1.54, 1.807) is 0 Å². The minimum Gasteiger partial charge on any atom is -0.865 e. The number of rotatable bonds is 7. The first-order valence-electron chi connectivity index (χ1n) is 7.56. The molecule has 0 atom stereocenters. The number of hydrogen-bond acceptors (Lipinski definition) is 7. The average molecular weight is 357 g/mol. The van der Waals surface area contributed by atoms with E-state index in [0.29, 0.717) is 0 Å². The zero-order valence-corrected chi connectivity index (χ0v) is 14.2. The number of nitro groups is 1. The quantitative estimate of drug-likeness (QED) is 0.439. The molecule has 0 aliphatic rings. The molecule has 26 heavy (non-hydrogen) atoms. The second-order valence-electron chi connectivity index (χ2n) is 5.34. The summed E-state index contributed by atoms with van der Waals surface area (Å²) in [6.07, 6.45) is 1.19. The maximum Gasteiger partial charge on any atom is 0.266 e. The van der Waals surface area contributed by atoms with E-state index in [4.69, 9.17) is 4.74 Å². The molecule has 0 heterocycles. The van der Waals surface area contributed by atoms with Gasteiger partial charge in [0.15, 0.2) is 0 Å². The first-order chi connectivity index (χ1) is 12.4. The molecule has 2 N–H and O–H groups in total. The average Bonchev–Trinajstić information content (AvgIpc) is 2.61. The lowest BCUT2D eigenvalue weighted by molar-refractivity contribution is -0.398. The zero-order chi connectivity index (χ0) is 19.1. The van der Waals surface area contributed by atoms with Gasteiger partial charge in [0.05, 0.1) is 24.8 Å². The van der Waals surface area contributed by atoms with Crippen LogP contribution in [-0.4, -0.2) is 30.7 Å². The zero-order valence-electron chi connectivity index (χ0n) is 14.2. The Bertz CT molecular complexity index is 851. The minimum absolute atomic E-state index is 0.00373. The number of hydrogen-bond donors (Lipinski definition) is 2. The highest BCUT2D eigenvalue weighted by Crippen LogP contribution is 2.33. The number of hydrazone groups is 1. The molecule has 0 aliphatic carbocycles. The highest BCUT2D eigenvalue weighted by Gasteiger charge is 2.12. The predicted octanol–water partition coefficient (Wildman–Crippen LogP) is 1.55. The first kappa shape index (κ1) is 18.7. The van der Waals surface area contributed by atoms with Crippen LogP contribution in [0.4, 0.5) is 11.4 Å². The van der Waals surface area contributed by atoms with Gasteiger partial charge in [-0.25, -0.2) is 5.43 Å². The van der Waals surface area contributed by atoms with Crippen LogP contribution in [0, 0.1) is 17.0 Å². The number of nitrogens with zero attached hydrogens (tertiary/aromatic N) is 2. The van der Waals surface area contributed by atoms with Gasteiger partial charge in [0.2, 0.25) is 0 Å². The molecule has 1 amide bonds. The third-order valence-corrected chi connectivity index (χ3v) is 3.35. The monoisotopic (exact) mass is 357 g/mol. The van der Waals surface area contributed by atoms with E-state index >= 15 is 0 Å². The molecular weight excluding hydrogens is 340 g/mol. The highest BCUT2D eigenvalue weighted by molar-refractivity contribution is 5.86. The number of amides is 1. The number of aryl methyl sites for hydroxylation is 1. The number of methoxy groups -OCH3 is 1. The number of nitrogens with one attached hydrogen (secondary N) is 2. The molecule has 0 spiro atoms. The van der Waals surface area contributed by atoms with Crippen LogP contribution in [0.25, 0.3) is 0 Å². The van der Waals surface area contributed by atoms with Crippen molar-refractivity contribution in [2.75, 3.05) is 19.0 Å². The molecular formula is C17H17N4O5-. The van der Waals surface area contributed by atoms with Crippen molar-refractivity contribution in [3.8, 4) is 11.5 Å². The molecule has 2 aromatic rings. The number of nitro benzene ring substituents is 1. The Morgan fingerprint density at radius 2 is 2.12 bits per heavy atom. The van der Waals surface area contributed by atoms with E-state index in [-0.39, 0.29) is 17.9 Å². The van der Waals surface area contributed by atoms with Crippen LogP contribution in [0.5, 0.6) is 11.5 Å². The van der Waals surface area contributed by atoms with Gasteiger partial charge >= 0.3 is 0 Å². The van der Waals surface area contributed by atoms with Crippen molar-refractivity contribution >= 4 is 23.5 Å². The van der Waals surface area contributed by atoms with Crippen molar-refractivity contribution < 1.29 is 19.6 Å². The van der Waals surface area contributed by atoms with E-state index in [9.17, 15) is 20.0 Å². The summed E-state index contributed by atoms with van der Waals surface area (Å²) >= 11 is 0. The fraction of sp³-hybridized carbons (Fsp3) is 0.176. The van der Waals surface area contributed by atoms with Crippen LogP contribution < -0.4 is 20.6 Å². The number of carbonyl (C=O) groups excluding carboxylic acids is 1. The van der Waals surface area contributed by atoms with E-state index in [2.05, 4.69) is 15.8 Å². The molecule has 2 aromatic carbocycles. The van der Waals surface area contributed by atoms with Gasteiger partial charge in [-0.3, -0.25) is 14.9 Å². The van der Waals surface area contributed by atoms with Gasteiger partial charge in [-0.1, -0.05) is 12.1 Å². The maximum atomic E-state index is 11.8. The lowest BCUT2D eigenvalue weighted by Crippen LogP contribution is -2.25. The number of ether oxygens (including phenoxy) is 1.